The van der Waals surface area contributed by atoms with Crippen molar-refractivity contribution in [2.24, 2.45) is 0 Å². The van der Waals surface area contributed by atoms with E-state index in [1.54, 1.807) is 12.4 Å². The fourth-order valence-corrected chi connectivity index (χ4v) is 3.31. The maximum absolute atomic E-state index is 13.0. The van der Waals surface area contributed by atoms with Gasteiger partial charge in [-0.1, -0.05) is 30.3 Å². The predicted molar refractivity (Wildman–Crippen MR) is 95.9 cm³/mol. The number of likely N-dealkylation sites (tertiary alicyclic amines) is 1. The van der Waals surface area contributed by atoms with E-state index in [4.69, 9.17) is 0 Å². The first-order valence-electron chi connectivity index (χ1n) is 8.67. The Hall–Kier alpha value is -2.20. The molecule has 24 heavy (non-hydrogen) atoms. The molecule has 4 nitrogen and oxygen atoms in total. The number of hydrogen-bond acceptors (Lipinski definition) is 3. The van der Waals surface area contributed by atoms with Gasteiger partial charge in [0.15, 0.2) is 0 Å². The Morgan fingerprint density at radius 2 is 1.92 bits per heavy atom. The van der Waals surface area contributed by atoms with Gasteiger partial charge in [-0.15, -0.1) is 0 Å². The third kappa shape index (κ3) is 4.20. The molecule has 0 N–H and O–H groups in total. The van der Waals surface area contributed by atoms with Crippen molar-refractivity contribution in [3.63, 3.8) is 0 Å². The van der Waals surface area contributed by atoms with Gasteiger partial charge in [0.2, 0.25) is 0 Å². The Morgan fingerprint density at radius 3 is 2.58 bits per heavy atom. The van der Waals surface area contributed by atoms with E-state index < -0.39 is 0 Å². The molecule has 1 aliphatic heterocycles. The molecule has 0 spiro atoms. The van der Waals surface area contributed by atoms with Crippen LogP contribution in [0.15, 0.2) is 54.9 Å². The van der Waals surface area contributed by atoms with Crippen LogP contribution >= 0.6 is 0 Å². The number of carbonyl (C=O) groups excluding carboxylic acids is 1. The second-order valence-electron chi connectivity index (χ2n) is 6.51. The molecule has 1 fully saturated rings. The zero-order valence-electron chi connectivity index (χ0n) is 14.3. The molecule has 126 valence electrons. The molecule has 2 heterocycles. The van der Waals surface area contributed by atoms with Crippen molar-refractivity contribution in [2.75, 3.05) is 26.7 Å². The normalized spacial score (nSPS) is 16.0. The highest BCUT2D eigenvalue weighted by Gasteiger charge is 2.27. The summed E-state index contributed by atoms with van der Waals surface area (Å²) in [5.74, 6) is 0.105. The molecule has 0 saturated carbocycles. The van der Waals surface area contributed by atoms with Gasteiger partial charge in [0.05, 0.1) is 5.56 Å². The average Bonchev–Trinajstić information content (AvgIpc) is 2.65. The Labute approximate surface area is 144 Å². The predicted octanol–water partition coefficient (Wildman–Crippen LogP) is 2.86. The Morgan fingerprint density at radius 1 is 1.17 bits per heavy atom. The highest BCUT2D eigenvalue weighted by Crippen LogP contribution is 2.19. The zero-order valence-corrected chi connectivity index (χ0v) is 14.3. The van der Waals surface area contributed by atoms with Gasteiger partial charge in [0.1, 0.15) is 0 Å². The number of pyridine rings is 1. The highest BCUT2D eigenvalue weighted by atomic mass is 16.2. The number of amides is 1. The maximum atomic E-state index is 13.0. The molecule has 1 aromatic heterocycles. The summed E-state index contributed by atoms with van der Waals surface area (Å²) in [6.07, 6.45) is 6.35. The summed E-state index contributed by atoms with van der Waals surface area (Å²) in [6.45, 7) is 2.85. The molecule has 0 atom stereocenters. The largest absolute Gasteiger partial charge is 0.335 e. The van der Waals surface area contributed by atoms with Gasteiger partial charge in [-0.3, -0.25) is 9.78 Å². The van der Waals surface area contributed by atoms with Crippen LogP contribution < -0.4 is 0 Å². The molecule has 1 aliphatic rings. The first-order chi connectivity index (χ1) is 11.7. The van der Waals surface area contributed by atoms with E-state index in [0.717, 1.165) is 38.9 Å². The van der Waals surface area contributed by atoms with Crippen LogP contribution in [0.5, 0.6) is 0 Å². The van der Waals surface area contributed by atoms with Gasteiger partial charge >= 0.3 is 0 Å². The highest BCUT2D eigenvalue weighted by molar-refractivity contribution is 5.94. The van der Waals surface area contributed by atoms with Crippen LogP contribution in [0.3, 0.4) is 0 Å². The summed E-state index contributed by atoms with van der Waals surface area (Å²) in [5.41, 5.74) is 1.96. The first-order valence-corrected chi connectivity index (χ1v) is 8.67. The van der Waals surface area contributed by atoms with Gasteiger partial charge in [0, 0.05) is 25.0 Å². The van der Waals surface area contributed by atoms with Crippen LogP contribution in [-0.2, 0) is 6.42 Å². The number of carbonyl (C=O) groups is 1. The van der Waals surface area contributed by atoms with Crippen LogP contribution in [0.25, 0.3) is 0 Å². The number of nitrogens with zero attached hydrogens (tertiary/aromatic N) is 3. The number of aromatic nitrogens is 1. The maximum Gasteiger partial charge on any atom is 0.255 e. The van der Waals surface area contributed by atoms with Crippen LogP contribution in [0, 0.1) is 0 Å². The van der Waals surface area contributed by atoms with Gasteiger partial charge in [-0.25, -0.2) is 0 Å². The molecule has 1 saturated heterocycles. The summed E-state index contributed by atoms with van der Waals surface area (Å²) >= 11 is 0. The molecule has 0 bridgehead atoms. The molecule has 0 aliphatic carbocycles. The second-order valence-corrected chi connectivity index (χ2v) is 6.51. The minimum atomic E-state index is 0.105. The standard InChI is InChI=1S/C20H25N3O/c1-22-13-10-19(11-14-22)23(15-9-17-6-3-2-4-7-17)20(24)18-8-5-12-21-16-18/h2-8,12,16,19H,9-11,13-15H2,1H3. The monoisotopic (exact) mass is 323 g/mol. The Kier molecular flexibility index (Phi) is 5.59. The molecular weight excluding hydrogens is 298 g/mol. The molecule has 0 unspecified atom stereocenters. The van der Waals surface area contributed by atoms with Crippen molar-refractivity contribution in [3.05, 3.63) is 66.0 Å². The van der Waals surface area contributed by atoms with Gasteiger partial charge in [-0.05, 0) is 57.1 Å². The number of hydrogen-bond donors (Lipinski definition) is 0. The molecule has 3 rings (SSSR count). The lowest BCUT2D eigenvalue weighted by molar-refractivity contribution is 0.0594. The minimum absolute atomic E-state index is 0.105. The lowest BCUT2D eigenvalue weighted by atomic mass is 10.0. The molecule has 1 amide bonds. The van der Waals surface area contributed by atoms with E-state index >= 15 is 0 Å². The van der Waals surface area contributed by atoms with E-state index in [2.05, 4.69) is 46.1 Å². The van der Waals surface area contributed by atoms with E-state index in [-0.39, 0.29) is 5.91 Å². The number of rotatable bonds is 5. The quantitative estimate of drug-likeness (QED) is 0.849. The van der Waals surface area contributed by atoms with Crippen LogP contribution in [0.4, 0.5) is 0 Å². The lowest BCUT2D eigenvalue weighted by Crippen LogP contribution is -2.47. The van der Waals surface area contributed by atoms with E-state index in [1.807, 2.05) is 18.2 Å². The minimum Gasteiger partial charge on any atom is -0.335 e. The summed E-state index contributed by atoms with van der Waals surface area (Å²) in [6, 6.07) is 14.4. The second kappa shape index (κ2) is 8.06. The summed E-state index contributed by atoms with van der Waals surface area (Å²) in [7, 11) is 2.15. The summed E-state index contributed by atoms with van der Waals surface area (Å²) in [4.78, 5) is 21.5. The van der Waals surface area contributed by atoms with E-state index in [1.165, 1.54) is 5.56 Å². The van der Waals surface area contributed by atoms with Crippen molar-refractivity contribution in [1.82, 2.24) is 14.8 Å². The number of piperidine rings is 1. The van der Waals surface area contributed by atoms with Gasteiger partial charge < -0.3 is 9.80 Å². The first kappa shape index (κ1) is 16.7. The third-order valence-corrected chi connectivity index (χ3v) is 4.78. The SMILES string of the molecule is CN1CCC(N(CCc2ccccc2)C(=O)c2cccnc2)CC1. The fraction of sp³-hybridized carbons (Fsp3) is 0.400. The van der Waals surface area contributed by atoms with Gasteiger partial charge in [-0.2, -0.15) is 0 Å². The average molecular weight is 323 g/mol. The lowest BCUT2D eigenvalue weighted by Gasteiger charge is -2.37. The molecule has 0 radical (unpaired) electrons. The Balaban J connectivity index is 1.74. The molecule has 4 heteroatoms. The molecule has 2 aromatic rings. The van der Waals surface area contributed by atoms with Crippen molar-refractivity contribution in [2.45, 2.75) is 25.3 Å². The zero-order chi connectivity index (χ0) is 16.8. The fourth-order valence-electron chi connectivity index (χ4n) is 3.31. The molecule has 1 aromatic carbocycles. The van der Waals surface area contributed by atoms with Crippen molar-refractivity contribution in [3.8, 4) is 0 Å². The smallest absolute Gasteiger partial charge is 0.255 e. The van der Waals surface area contributed by atoms with Gasteiger partial charge in [0.25, 0.3) is 5.91 Å². The van der Waals surface area contributed by atoms with Crippen LogP contribution in [0.1, 0.15) is 28.8 Å². The van der Waals surface area contributed by atoms with Crippen molar-refractivity contribution in [1.29, 1.82) is 0 Å². The van der Waals surface area contributed by atoms with E-state index in [0.29, 0.717) is 11.6 Å². The van der Waals surface area contributed by atoms with Crippen molar-refractivity contribution < 1.29 is 4.79 Å². The summed E-state index contributed by atoms with van der Waals surface area (Å²) in [5, 5.41) is 0. The topological polar surface area (TPSA) is 36.4 Å². The van der Waals surface area contributed by atoms with Crippen molar-refractivity contribution >= 4 is 5.91 Å². The van der Waals surface area contributed by atoms with Crippen LogP contribution in [0.2, 0.25) is 0 Å². The number of benzene rings is 1. The Bertz CT molecular complexity index is 636. The molecular formula is C20H25N3O. The van der Waals surface area contributed by atoms with Crippen LogP contribution in [-0.4, -0.2) is 53.4 Å². The third-order valence-electron chi connectivity index (χ3n) is 4.78. The summed E-state index contributed by atoms with van der Waals surface area (Å²) < 4.78 is 0. The van der Waals surface area contributed by atoms with E-state index in [9.17, 15) is 4.79 Å².